The molecule has 3 aromatic rings. The number of nitrogens with two attached hydrogens (primary N) is 1. The summed E-state index contributed by atoms with van der Waals surface area (Å²) in [6.07, 6.45) is 3.62. The topological polar surface area (TPSA) is 95.7 Å². The molecule has 104 valence electrons. The summed E-state index contributed by atoms with van der Waals surface area (Å²) in [5.74, 6) is 1.12. The van der Waals surface area contributed by atoms with Crippen LogP contribution in [0, 0.1) is 0 Å². The van der Waals surface area contributed by atoms with Gasteiger partial charge in [0.25, 0.3) is 0 Å². The van der Waals surface area contributed by atoms with E-state index in [0.29, 0.717) is 24.8 Å². The third-order valence-electron chi connectivity index (χ3n) is 2.77. The normalized spacial score (nSPS) is 11.1. The second-order valence-corrected chi connectivity index (χ2v) is 5.10. The highest BCUT2D eigenvalue weighted by Gasteiger charge is 2.10. The first-order chi connectivity index (χ1) is 9.85. The minimum atomic E-state index is 0.423. The average Bonchev–Trinajstić information content (AvgIpc) is 3.18. The van der Waals surface area contributed by atoms with Gasteiger partial charge in [0.05, 0.1) is 5.69 Å². The van der Waals surface area contributed by atoms with E-state index in [-0.39, 0.29) is 0 Å². The van der Waals surface area contributed by atoms with Crippen LogP contribution in [0.25, 0.3) is 11.4 Å². The van der Waals surface area contributed by atoms with Crippen LogP contribution in [0.1, 0.15) is 18.0 Å². The molecule has 0 fully saturated rings. The molecule has 0 aromatic carbocycles. The summed E-state index contributed by atoms with van der Waals surface area (Å²) < 4.78 is 6.91. The van der Waals surface area contributed by atoms with Gasteiger partial charge in [-0.25, -0.2) is 4.68 Å². The molecule has 0 aliphatic heterocycles. The molecular formula is C12H14N6OS. The van der Waals surface area contributed by atoms with Crippen molar-refractivity contribution < 1.29 is 4.52 Å². The number of aromatic nitrogens is 5. The summed E-state index contributed by atoms with van der Waals surface area (Å²) in [7, 11) is 0. The van der Waals surface area contributed by atoms with Crippen LogP contribution in [-0.2, 0) is 13.0 Å². The molecule has 0 radical (unpaired) electrons. The van der Waals surface area contributed by atoms with E-state index >= 15 is 0 Å². The van der Waals surface area contributed by atoms with E-state index < -0.39 is 0 Å². The molecule has 0 aliphatic carbocycles. The van der Waals surface area contributed by atoms with Crippen LogP contribution >= 0.6 is 11.3 Å². The van der Waals surface area contributed by atoms with Crippen molar-refractivity contribution in [2.75, 3.05) is 6.54 Å². The molecular weight excluding hydrogens is 276 g/mol. The zero-order valence-electron chi connectivity index (χ0n) is 10.8. The summed E-state index contributed by atoms with van der Waals surface area (Å²) >= 11 is 1.60. The lowest BCUT2D eigenvalue weighted by Crippen LogP contribution is -2.01. The fourth-order valence-corrected chi connectivity index (χ4v) is 2.41. The number of hydrogen-bond donors (Lipinski definition) is 1. The van der Waals surface area contributed by atoms with E-state index in [4.69, 9.17) is 10.3 Å². The van der Waals surface area contributed by atoms with Crippen molar-refractivity contribution in [2.24, 2.45) is 5.73 Å². The molecule has 0 amide bonds. The highest BCUT2D eigenvalue weighted by atomic mass is 32.1. The summed E-state index contributed by atoms with van der Waals surface area (Å²) in [5.41, 5.74) is 7.36. The minimum absolute atomic E-state index is 0.423. The molecule has 0 saturated carbocycles. The Labute approximate surface area is 119 Å². The Morgan fingerprint density at radius 3 is 3.15 bits per heavy atom. The number of thiophene rings is 1. The van der Waals surface area contributed by atoms with Crippen LogP contribution in [0.4, 0.5) is 0 Å². The molecule has 3 heterocycles. The van der Waals surface area contributed by atoms with Crippen molar-refractivity contribution in [3.63, 3.8) is 0 Å². The number of aryl methyl sites for hydroxylation is 1. The molecule has 20 heavy (non-hydrogen) atoms. The Kier molecular flexibility index (Phi) is 3.84. The SMILES string of the molecule is NCCCc1cn(Cc2nc(-c3ccsc3)no2)nn1. The van der Waals surface area contributed by atoms with Crippen molar-refractivity contribution in [1.29, 1.82) is 0 Å². The molecule has 0 aliphatic rings. The largest absolute Gasteiger partial charge is 0.337 e. The van der Waals surface area contributed by atoms with Crippen molar-refractivity contribution in [2.45, 2.75) is 19.4 Å². The zero-order chi connectivity index (χ0) is 13.8. The molecule has 0 saturated heterocycles. The molecule has 0 spiro atoms. The molecule has 2 N–H and O–H groups in total. The summed E-state index contributed by atoms with van der Waals surface area (Å²) in [5, 5.41) is 16.0. The summed E-state index contributed by atoms with van der Waals surface area (Å²) in [4.78, 5) is 4.34. The van der Waals surface area contributed by atoms with Gasteiger partial charge in [-0.2, -0.15) is 16.3 Å². The van der Waals surface area contributed by atoms with E-state index in [1.807, 2.05) is 23.0 Å². The first-order valence-electron chi connectivity index (χ1n) is 6.29. The fraction of sp³-hybridized carbons (Fsp3) is 0.333. The van der Waals surface area contributed by atoms with Gasteiger partial charge in [0.1, 0.15) is 6.54 Å². The third kappa shape index (κ3) is 2.91. The first kappa shape index (κ1) is 12.9. The van der Waals surface area contributed by atoms with Crippen LogP contribution < -0.4 is 5.73 Å². The molecule has 0 bridgehead atoms. The van der Waals surface area contributed by atoms with Gasteiger partial charge in [0.2, 0.25) is 11.7 Å². The summed E-state index contributed by atoms with van der Waals surface area (Å²) in [6.45, 7) is 1.08. The number of nitrogens with zero attached hydrogens (tertiary/aromatic N) is 5. The maximum absolute atomic E-state index is 5.47. The number of rotatable bonds is 6. The lowest BCUT2D eigenvalue weighted by molar-refractivity contribution is 0.364. The second kappa shape index (κ2) is 5.93. The van der Waals surface area contributed by atoms with Gasteiger partial charge >= 0.3 is 0 Å². The monoisotopic (exact) mass is 290 g/mol. The molecule has 0 unspecified atom stereocenters. The van der Waals surface area contributed by atoms with Gasteiger partial charge in [-0.3, -0.25) is 0 Å². The second-order valence-electron chi connectivity index (χ2n) is 4.32. The van der Waals surface area contributed by atoms with Crippen molar-refractivity contribution >= 4 is 11.3 Å². The van der Waals surface area contributed by atoms with Crippen LogP contribution in [0.5, 0.6) is 0 Å². The van der Waals surface area contributed by atoms with E-state index in [1.165, 1.54) is 0 Å². The Morgan fingerprint density at radius 1 is 1.40 bits per heavy atom. The highest BCUT2D eigenvalue weighted by molar-refractivity contribution is 7.08. The van der Waals surface area contributed by atoms with E-state index in [0.717, 1.165) is 24.1 Å². The quantitative estimate of drug-likeness (QED) is 0.735. The standard InChI is InChI=1S/C12H14N6OS/c13-4-1-2-10-6-18(17-15-10)7-11-14-12(16-19-11)9-3-5-20-8-9/h3,5-6,8H,1-2,4,7,13H2. The van der Waals surface area contributed by atoms with Crippen molar-refractivity contribution in [3.8, 4) is 11.4 Å². The van der Waals surface area contributed by atoms with E-state index in [9.17, 15) is 0 Å². The van der Waals surface area contributed by atoms with Gasteiger partial charge in [-0.1, -0.05) is 10.4 Å². The fourth-order valence-electron chi connectivity index (χ4n) is 1.78. The zero-order valence-corrected chi connectivity index (χ0v) is 11.6. The molecule has 7 nitrogen and oxygen atoms in total. The maximum Gasteiger partial charge on any atom is 0.248 e. The van der Waals surface area contributed by atoms with Gasteiger partial charge in [-0.15, -0.1) is 5.10 Å². The lowest BCUT2D eigenvalue weighted by atomic mass is 10.2. The lowest BCUT2D eigenvalue weighted by Gasteiger charge is -1.93. The van der Waals surface area contributed by atoms with Gasteiger partial charge in [0, 0.05) is 17.1 Å². The Balaban J connectivity index is 1.67. The van der Waals surface area contributed by atoms with Crippen LogP contribution in [0.2, 0.25) is 0 Å². The molecule has 8 heteroatoms. The maximum atomic E-state index is 5.47. The van der Waals surface area contributed by atoms with Gasteiger partial charge in [0.15, 0.2) is 0 Å². The minimum Gasteiger partial charge on any atom is -0.337 e. The van der Waals surface area contributed by atoms with E-state index in [2.05, 4.69) is 20.5 Å². The molecule has 0 atom stereocenters. The van der Waals surface area contributed by atoms with Gasteiger partial charge in [-0.05, 0) is 30.8 Å². The Hall–Kier alpha value is -2.06. The van der Waals surface area contributed by atoms with Crippen molar-refractivity contribution in [3.05, 3.63) is 34.6 Å². The average molecular weight is 290 g/mol. The van der Waals surface area contributed by atoms with Crippen LogP contribution in [0.15, 0.2) is 27.5 Å². The Morgan fingerprint density at radius 2 is 2.35 bits per heavy atom. The smallest absolute Gasteiger partial charge is 0.248 e. The predicted molar refractivity (Wildman–Crippen MR) is 74.1 cm³/mol. The third-order valence-corrected chi connectivity index (χ3v) is 3.45. The van der Waals surface area contributed by atoms with Crippen LogP contribution in [-0.4, -0.2) is 31.7 Å². The number of hydrogen-bond acceptors (Lipinski definition) is 7. The molecule has 3 aromatic heterocycles. The predicted octanol–water partition coefficient (Wildman–Crippen LogP) is 1.33. The van der Waals surface area contributed by atoms with Crippen LogP contribution in [0.3, 0.4) is 0 Å². The van der Waals surface area contributed by atoms with Crippen molar-refractivity contribution in [1.82, 2.24) is 25.1 Å². The Bertz CT molecular complexity index is 659. The summed E-state index contributed by atoms with van der Waals surface area (Å²) in [6, 6.07) is 1.96. The van der Waals surface area contributed by atoms with E-state index in [1.54, 1.807) is 16.0 Å². The highest BCUT2D eigenvalue weighted by Crippen LogP contribution is 2.18. The molecule has 3 rings (SSSR count). The van der Waals surface area contributed by atoms with Gasteiger partial charge < -0.3 is 10.3 Å². The first-order valence-corrected chi connectivity index (χ1v) is 7.23.